The maximum atomic E-state index is 13.4. The van der Waals surface area contributed by atoms with Crippen molar-refractivity contribution in [1.29, 1.82) is 0 Å². The molecule has 0 radical (unpaired) electrons. The first-order chi connectivity index (χ1) is 14.4. The number of aliphatic carboxylic acids is 1. The van der Waals surface area contributed by atoms with Crippen LogP contribution in [0.3, 0.4) is 0 Å². The normalized spacial score (nSPS) is 11.7. The van der Waals surface area contributed by atoms with Gasteiger partial charge in [-0.2, -0.15) is 0 Å². The second kappa shape index (κ2) is 9.34. The number of fused-ring (bicyclic) bond motifs is 1. The molecule has 0 aliphatic rings. The molecule has 1 heterocycles. The summed E-state index contributed by atoms with van der Waals surface area (Å²) in [6.45, 7) is 4.48. The van der Waals surface area contributed by atoms with Crippen molar-refractivity contribution in [2.45, 2.75) is 50.8 Å². The fourth-order valence-electron chi connectivity index (χ4n) is 3.46. The molecular formula is C23H27NO5S. The zero-order chi connectivity index (χ0) is 21.7. The Balaban J connectivity index is 2.05. The summed E-state index contributed by atoms with van der Waals surface area (Å²) in [5.74, 6) is -0.306. The highest BCUT2D eigenvalue weighted by Crippen LogP contribution is 2.30. The lowest BCUT2D eigenvalue weighted by Gasteiger charge is -2.09. The van der Waals surface area contributed by atoms with Crippen LogP contribution in [-0.4, -0.2) is 30.1 Å². The minimum Gasteiger partial charge on any atom is -0.494 e. The molecule has 0 spiro atoms. The predicted octanol–water partition coefficient (Wildman–Crippen LogP) is 4.64. The van der Waals surface area contributed by atoms with Crippen LogP contribution in [-0.2, 0) is 27.7 Å². The number of aromatic nitrogens is 1. The third-order valence-electron chi connectivity index (χ3n) is 5.04. The Kier molecular flexibility index (Phi) is 6.82. The maximum absolute atomic E-state index is 13.4. The standard InChI is InChI=1S/C23H27NO5S/c1-3-5-6-17-7-11-20(12-8-17)30(27,28)24-16-18(9-14-23(25)26)21-15-19(29-4-2)10-13-22(21)24/h7-8,10-13,15-16H,3-6,9,14H2,1-2H3,(H,25,26). The smallest absolute Gasteiger partial charge is 0.303 e. The van der Waals surface area contributed by atoms with Gasteiger partial charge in [0.25, 0.3) is 10.0 Å². The zero-order valence-corrected chi connectivity index (χ0v) is 18.1. The number of rotatable bonds is 10. The van der Waals surface area contributed by atoms with Crippen LogP contribution in [0.25, 0.3) is 10.9 Å². The van der Waals surface area contributed by atoms with Crippen molar-refractivity contribution < 1.29 is 23.1 Å². The molecule has 30 heavy (non-hydrogen) atoms. The molecule has 1 N–H and O–H groups in total. The van der Waals surface area contributed by atoms with Crippen molar-refractivity contribution in [2.75, 3.05) is 6.61 Å². The van der Waals surface area contributed by atoms with E-state index in [0.29, 0.717) is 28.8 Å². The molecule has 0 bridgehead atoms. The fraction of sp³-hybridized carbons (Fsp3) is 0.348. The molecule has 3 rings (SSSR count). The van der Waals surface area contributed by atoms with Gasteiger partial charge in [0.2, 0.25) is 0 Å². The lowest BCUT2D eigenvalue weighted by Crippen LogP contribution is -2.12. The Morgan fingerprint density at radius 2 is 1.80 bits per heavy atom. The Bertz CT molecular complexity index is 1130. The van der Waals surface area contributed by atoms with E-state index in [4.69, 9.17) is 9.84 Å². The van der Waals surface area contributed by atoms with Crippen LogP contribution in [0.4, 0.5) is 0 Å². The summed E-state index contributed by atoms with van der Waals surface area (Å²) in [4.78, 5) is 11.3. The summed E-state index contributed by atoms with van der Waals surface area (Å²) < 4.78 is 33.5. The number of unbranched alkanes of at least 4 members (excludes halogenated alkanes) is 1. The minimum absolute atomic E-state index is 0.0792. The van der Waals surface area contributed by atoms with Crippen molar-refractivity contribution in [3.05, 3.63) is 59.8 Å². The van der Waals surface area contributed by atoms with Gasteiger partial charge in [-0.1, -0.05) is 25.5 Å². The van der Waals surface area contributed by atoms with Crippen LogP contribution in [0, 0.1) is 0 Å². The molecule has 160 valence electrons. The number of carboxylic acids is 1. The number of hydrogen-bond donors (Lipinski definition) is 1. The van der Waals surface area contributed by atoms with Crippen LogP contribution in [0.1, 0.15) is 44.2 Å². The Morgan fingerprint density at radius 3 is 2.43 bits per heavy atom. The number of ether oxygens (including phenoxy) is 1. The summed E-state index contributed by atoms with van der Waals surface area (Å²) in [6.07, 6.45) is 4.75. The molecular weight excluding hydrogens is 402 g/mol. The van der Waals surface area contributed by atoms with Crippen LogP contribution in [0.15, 0.2) is 53.6 Å². The Morgan fingerprint density at radius 1 is 1.07 bits per heavy atom. The van der Waals surface area contributed by atoms with Gasteiger partial charge in [-0.05, 0) is 67.6 Å². The van der Waals surface area contributed by atoms with E-state index in [2.05, 4.69) is 6.92 Å². The molecule has 0 unspecified atom stereocenters. The summed E-state index contributed by atoms with van der Waals surface area (Å²) in [6, 6.07) is 12.2. The highest BCUT2D eigenvalue weighted by atomic mass is 32.2. The number of hydrogen-bond acceptors (Lipinski definition) is 4. The molecule has 0 atom stereocenters. The van der Waals surface area contributed by atoms with Crippen molar-refractivity contribution in [3.8, 4) is 5.75 Å². The SMILES string of the molecule is CCCCc1ccc(S(=O)(=O)n2cc(CCC(=O)O)c3cc(OCC)ccc32)cc1. The van der Waals surface area contributed by atoms with Crippen molar-refractivity contribution >= 4 is 26.9 Å². The van der Waals surface area contributed by atoms with Gasteiger partial charge in [-0.25, -0.2) is 12.4 Å². The van der Waals surface area contributed by atoms with E-state index in [9.17, 15) is 13.2 Å². The molecule has 7 heteroatoms. The molecule has 0 aliphatic heterocycles. The van der Waals surface area contributed by atoms with Crippen LogP contribution in [0.5, 0.6) is 5.75 Å². The Hall–Kier alpha value is -2.80. The second-order valence-corrected chi connectivity index (χ2v) is 9.02. The third-order valence-corrected chi connectivity index (χ3v) is 6.73. The summed E-state index contributed by atoms with van der Waals surface area (Å²) in [5, 5.41) is 9.75. The number of benzene rings is 2. The van der Waals surface area contributed by atoms with Gasteiger partial charge >= 0.3 is 5.97 Å². The van der Waals surface area contributed by atoms with Crippen molar-refractivity contribution in [2.24, 2.45) is 0 Å². The molecule has 0 amide bonds. The molecule has 2 aromatic carbocycles. The summed E-state index contributed by atoms with van der Waals surface area (Å²) in [5.41, 5.74) is 2.28. The van der Waals surface area contributed by atoms with E-state index in [1.807, 2.05) is 19.1 Å². The van der Waals surface area contributed by atoms with Crippen molar-refractivity contribution in [1.82, 2.24) is 3.97 Å². The number of carbonyl (C=O) groups is 1. The highest BCUT2D eigenvalue weighted by molar-refractivity contribution is 7.90. The maximum Gasteiger partial charge on any atom is 0.303 e. The van der Waals surface area contributed by atoms with Gasteiger partial charge in [0.05, 0.1) is 17.0 Å². The predicted molar refractivity (Wildman–Crippen MR) is 117 cm³/mol. The minimum atomic E-state index is -3.82. The lowest BCUT2D eigenvalue weighted by molar-refractivity contribution is -0.136. The van der Waals surface area contributed by atoms with Gasteiger partial charge in [-0.15, -0.1) is 0 Å². The molecule has 0 saturated heterocycles. The lowest BCUT2D eigenvalue weighted by atomic mass is 10.1. The highest BCUT2D eigenvalue weighted by Gasteiger charge is 2.22. The summed E-state index contributed by atoms with van der Waals surface area (Å²) >= 11 is 0. The van der Waals surface area contributed by atoms with Crippen LogP contribution >= 0.6 is 0 Å². The quantitative estimate of drug-likeness (QED) is 0.508. The monoisotopic (exact) mass is 429 g/mol. The van der Waals surface area contributed by atoms with Gasteiger partial charge in [0.15, 0.2) is 0 Å². The van der Waals surface area contributed by atoms with Crippen LogP contribution in [0.2, 0.25) is 0 Å². The molecule has 3 aromatic rings. The largest absolute Gasteiger partial charge is 0.494 e. The molecule has 0 fully saturated rings. The van der Waals surface area contributed by atoms with E-state index in [0.717, 1.165) is 24.8 Å². The van der Waals surface area contributed by atoms with Gasteiger partial charge in [0, 0.05) is 18.0 Å². The third kappa shape index (κ3) is 4.67. The average molecular weight is 430 g/mol. The first-order valence-corrected chi connectivity index (χ1v) is 11.6. The number of carboxylic acid groups (broad SMARTS) is 1. The van der Waals surface area contributed by atoms with E-state index in [1.165, 1.54) is 10.2 Å². The average Bonchev–Trinajstić information content (AvgIpc) is 3.10. The zero-order valence-electron chi connectivity index (χ0n) is 17.3. The molecule has 6 nitrogen and oxygen atoms in total. The van der Waals surface area contributed by atoms with Gasteiger partial charge in [-0.3, -0.25) is 4.79 Å². The second-order valence-electron chi connectivity index (χ2n) is 7.21. The van der Waals surface area contributed by atoms with Gasteiger partial charge in [0.1, 0.15) is 5.75 Å². The topological polar surface area (TPSA) is 85.6 Å². The van der Waals surface area contributed by atoms with Crippen LogP contribution < -0.4 is 4.74 Å². The first-order valence-electron chi connectivity index (χ1n) is 10.2. The van der Waals surface area contributed by atoms with E-state index < -0.39 is 16.0 Å². The van der Waals surface area contributed by atoms with E-state index in [-0.39, 0.29) is 17.7 Å². The number of nitrogens with zero attached hydrogens (tertiary/aromatic N) is 1. The molecule has 0 aliphatic carbocycles. The van der Waals surface area contributed by atoms with Crippen molar-refractivity contribution in [3.63, 3.8) is 0 Å². The summed E-state index contributed by atoms with van der Waals surface area (Å²) in [7, 11) is -3.82. The van der Waals surface area contributed by atoms with E-state index in [1.54, 1.807) is 30.3 Å². The van der Waals surface area contributed by atoms with E-state index >= 15 is 0 Å². The molecule has 1 aromatic heterocycles. The van der Waals surface area contributed by atoms with Gasteiger partial charge < -0.3 is 9.84 Å². The fourth-order valence-corrected chi connectivity index (χ4v) is 4.86. The Labute approximate surface area is 177 Å². The first kappa shape index (κ1) is 21.9. The molecule has 0 saturated carbocycles. The number of aryl methyl sites for hydroxylation is 2.